The molecule has 0 spiro atoms. The van der Waals surface area contributed by atoms with E-state index < -0.39 is 0 Å². The van der Waals surface area contributed by atoms with Crippen LogP contribution in [0.25, 0.3) is 6.08 Å². The molecule has 1 aliphatic rings. The number of amides is 1. The van der Waals surface area contributed by atoms with E-state index in [-0.39, 0.29) is 5.91 Å². The second kappa shape index (κ2) is 4.10. The van der Waals surface area contributed by atoms with E-state index in [0.717, 1.165) is 16.8 Å². The first-order valence-electron chi connectivity index (χ1n) is 5.40. The third-order valence-electron chi connectivity index (χ3n) is 2.85. The lowest BCUT2D eigenvalue weighted by Gasteiger charge is -2.14. The first-order chi connectivity index (χ1) is 7.63. The number of carbonyl (C=O) groups is 1. The molecule has 0 radical (unpaired) electrons. The van der Waals surface area contributed by atoms with Crippen molar-refractivity contribution in [2.24, 2.45) is 5.73 Å². The van der Waals surface area contributed by atoms with Gasteiger partial charge in [-0.15, -0.1) is 0 Å². The van der Waals surface area contributed by atoms with Crippen molar-refractivity contribution in [1.82, 2.24) is 0 Å². The van der Waals surface area contributed by atoms with Crippen LogP contribution in [0.3, 0.4) is 0 Å². The summed E-state index contributed by atoms with van der Waals surface area (Å²) < 4.78 is 0. The molecule has 3 nitrogen and oxygen atoms in total. The fourth-order valence-electron chi connectivity index (χ4n) is 2.16. The summed E-state index contributed by atoms with van der Waals surface area (Å²) in [6.45, 7) is 2.56. The number of hydrogen-bond donors (Lipinski definition) is 1. The fourth-order valence-corrected chi connectivity index (χ4v) is 2.16. The highest BCUT2D eigenvalue weighted by molar-refractivity contribution is 6.03. The topological polar surface area (TPSA) is 46.3 Å². The number of carbonyl (C=O) groups excluding carboxylic acids is 1. The van der Waals surface area contributed by atoms with Gasteiger partial charge in [-0.25, -0.2) is 0 Å². The fraction of sp³-hybridized carbons (Fsp3) is 0.308. The summed E-state index contributed by atoms with van der Waals surface area (Å²) >= 11 is 0. The van der Waals surface area contributed by atoms with Crippen molar-refractivity contribution < 1.29 is 4.79 Å². The molecule has 0 fully saturated rings. The molecule has 0 saturated carbocycles. The van der Waals surface area contributed by atoms with E-state index in [9.17, 15) is 4.79 Å². The molecule has 1 amide bonds. The van der Waals surface area contributed by atoms with E-state index >= 15 is 0 Å². The minimum absolute atomic E-state index is 0.156. The van der Waals surface area contributed by atoms with E-state index in [1.165, 1.54) is 5.56 Å². The second-order valence-electron chi connectivity index (χ2n) is 4.13. The Morgan fingerprint density at radius 3 is 2.94 bits per heavy atom. The highest BCUT2D eigenvalue weighted by Crippen LogP contribution is 2.33. The molecule has 0 unspecified atom stereocenters. The molecular formula is C13H16N2O. The van der Waals surface area contributed by atoms with Crippen LogP contribution in [-0.4, -0.2) is 19.5 Å². The summed E-state index contributed by atoms with van der Waals surface area (Å²) in [7, 11) is 1.82. The number of nitrogens with two attached hydrogens (primary N) is 1. The first-order valence-corrected chi connectivity index (χ1v) is 5.40. The Labute approximate surface area is 95.6 Å². The van der Waals surface area contributed by atoms with Crippen LogP contribution in [0.15, 0.2) is 18.2 Å². The Kier molecular flexibility index (Phi) is 2.79. The Morgan fingerprint density at radius 1 is 1.50 bits per heavy atom. The standard InChI is InChI=1S/C13H16N2O/c1-9-6-10(4-3-5-14)13-11(7-9)8-12(16)15(13)2/h3-4,6-7H,5,8,14H2,1-2H3/b4-3+. The molecule has 1 heterocycles. The van der Waals surface area contributed by atoms with Crippen LogP contribution < -0.4 is 10.6 Å². The molecule has 0 bridgehead atoms. The van der Waals surface area contributed by atoms with Gasteiger partial charge in [-0.2, -0.15) is 0 Å². The maximum Gasteiger partial charge on any atom is 0.231 e. The van der Waals surface area contributed by atoms with Crippen molar-refractivity contribution in [2.75, 3.05) is 18.5 Å². The molecular weight excluding hydrogens is 200 g/mol. The number of aryl methyl sites for hydroxylation is 1. The second-order valence-corrected chi connectivity index (χ2v) is 4.13. The maximum absolute atomic E-state index is 11.6. The average Bonchev–Trinajstić information content (AvgIpc) is 2.51. The van der Waals surface area contributed by atoms with Gasteiger partial charge >= 0.3 is 0 Å². The average molecular weight is 216 g/mol. The first kappa shape index (κ1) is 10.9. The van der Waals surface area contributed by atoms with Crippen LogP contribution in [0.4, 0.5) is 5.69 Å². The van der Waals surface area contributed by atoms with Gasteiger partial charge in [0.25, 0.3) is 0 Å². The van der Waals surface area contributed by atoms with Gasteiger partial charge in [0.05, 0.1) is 12.1 Å². The zero-order valence-electron chi connectivity index (χ0n) is 9.66. The summed E-state index contributed by atoms with van der Waals surface area (Å²) in [6, 6.07) is 4.16. The molecule has 16 heavy (non-hydrogen) atoms. The number of likely N-dealkylation sites (N-methyl/N-ethyl adjacent to an activating group) is 1. The minimum atomic E-state index is 0.156. The van der Waals surface area contributed by atoms with Gasteiger partial charge in [0, 0.05) is 13.6 Å². The van der Waals surface area contributed by atoms with E-state index in [1.807, 2.05) is 26.1 Å². The van der Waals surface area contributed by atoms with Gasteiger partial charge in [-0.3, -0.25) is 4.79 Å². The molecule has 0 aromatic heterocycles. The summed E-state index contributed by atoms with van der Waals surface area (Å²) in [5.41, 5.74) is 9.85. The van der Waals surface area contributed by atoms with Gasteiger partial charge in [0.15, 0.2) is 0 Å². The van der Waals surface area contributed by atoms with Crippen molar-refractivity contribution in [1.29, 1.82) is 0 Å². The smallest absolute Gasteiger partial charge is 0.231 e. The van der Waals surface area contributed by atoms with Gasteiger partial charge < -0.3 is 10.6 Å². The van der Waals surface area contributed by atoms with E-state index in [2.05, 4.69) is 12.1 Å². The quantitative estimate of drug-likeness (QED) is 0.814. The maximum atomic E-state index is 11.6. The lowest BCUT2D eigenvalue weighted by Crippen LogP contribution is -2.21. The van der Waals surface area contributed by atoms with Crippen molar-refractivity contribution >= 4 is 17.7 Å². The molecule has 1 aromatic rings. The van der Waals surface area contributed by atoms with Crippen molar-refractivity contribution in [3.63, 3.8) is 0 Å². The number of fused-ring (bicyclic) bond motifs is 1. The lowest BCUT2D eigenvalue weighted by molar-refractivity contribution is -0.117. The van der Waals surface area contributed by atoms with Crippen LogP contribution >= 0.6 is 0 Å². The van der Waals surface area contributed by atoms with Crippen LogP contribution in [0.5, 0.6) is 0 Å². The lowest BCUT2D eigenvalue weighted by atomic mass is 10.0. The monoisotopic (exact) mass is 216 g/mol. The summed E-state index contributed by atoms with van der Waals surface area (Å²) in [5.74, 6) is 0.156. The van der Waals surface area contributed by atoms with Crippen LogP contribution in [0, 0.1) is 6.92 Å². The Morgan fingerprint density at radius 2 is 2.25 bits per heavy atom. The SMILES string of the molecule is Cc1cc(/C=C/CN)c2c(c1)CC(=O)N2C. The van der Waals surface area contributed by atoms with Crippen molar-refractivity contribution in [3.8, 4) is 0 Å². The Balaban J connectivity index is 2.54. The molecule has 84 valence electrons. The third-order valence-corrected chi connectivity index (χ3v) is 2.85. The van der Waals surface area contributed by atoms with Crippen LogP contribution in [-0.2, 0) is 11.2 Å². The van der Waals surface area contributed by atoms with Crippen LogP contribution in [0.1, 0.15) is 16.7 Å². The molecule has 3 heteroatoms. The molecule has 1 aromatic carbocycles. The molecule has 2 rings (SSSR count). The molecule has 0 saturated heterocycles. The van der Waals surface area contributed by atoms with Crippen LogP contribution in [0.2, 0.25) is 0 Å². The summed E-state index contributed by atoms with van der Waals surface area (Å²) in [4.78, 5) is 13.4. The largest absolute Gasteiger partial charge is 0.327 e. The Hall–Kier alpha value is -1.61. The van der Waals surface area contributed by atoms with E-state index in [0.29, 0.717) is 13.0 Å². The third kappa shape index (κ3) is 1.74. The molecule has 1 aliphatic heterocycles. The zero-order chi connectivity index (χ0) is 11.7. The number of anilines is 1. The van der Waals surface area contributed by atoms with Gasteiger partial charge in [0.2, 0.25) is 5.91 Å². The van der Waals surface area contributed by atoms with Crippen molar-refractivity contribution in [3.05, 3.63) is 34.9 Å². The molecule has 0 atom stereocenters. The predicted molar refractivity (Wildman–Crippen MR) is 66.4 cm³/mol. The minimum Gasteiger partial charge on any atom is -0.327 e. The van der Waals surface area contributed by atoms with Gasteiger partial charge in [-0.05, 0) is 24.1 Å². The highest BCUT2D eigenvalue weighted by atomic mass is 16.2. The normalized spacial score (nSPS) is 14.9. The van der Waals surface area contributed by atoms with Gasteiger partial charge in [-0.1, -0.05) is 23.8 Å². The van der Waals surface area contributed by atoms with Crippen molar-refractivity contribution in [2.45, 2.75) is 13.3 Å². The highest BCUT2D eigenvalue weighted by Gasteiger charge is 2.26. The number of benzene rings is 1. The number of nitrogens with zero attached hydrogens (tertiary/aromatic N) is 1. The molecule has 2 N–H and O–H groups in total. The van der Waals surface area contributed by atoms with Gasteiger partial charge in [0.1, 0.15) is 0 Å². The predicted octanol–water partition coefficient (Wildman–Crippen LogP) is 1.49. The number of hydrogen-bond acceptors (Lipinski definition) is 2. The summed E-state index contributed by atoms with van der Waals surface area (Å²) in [5, 5.41) is 0. The zero-order valence-corrected chi connectivity index (χ0v) is 9.66. The number of rotatable bonds is 2. The summed E-state index contributed by atoms with van der Waals surface area (Å²) in [6.07, 6.45) is 4.41. The molecule has 0 aliphatic carbocycles. The van der Waals surface area contributed by atoms with E-state index in [4.69, 9.17) is 5.73 Å². The van der Waals surface area contributed by atoms with E-state index in [1.54, 1.807) is 4.90 Å². The Bertz CT molecular complexity index is 463.